The monoisotopic (exact) mass is 450 g/mol. The summed E-state index contributed by atoms with van der Waals surface area (Å²) in [6, 6.07) is 14.5. The molecule has 2 aromatic carbocycles. The molecule has 0 aliphatic heterocycles. The number of carboxylic acid groups (broad SMARTS) is 1. The summed E-state index contributed by atoms with van der Waals surface area (Å²) in [7, 11) is 1.48. The second-order valence-electron chi connectivity index (χ2n) is 8.91. The van der Waals surface area contributed by atoms with Gasteiger partial charge in [0.2, 0.25) is 5.91 Å². The Bertz CT molecular complexity index is 1000. The Balaban J connectivity index is 1.43. The average molecular weight is 451 g/mol. The van der Waals surface area contributed by atoms with Crippen LogP contribution >= 0.6 is 0 Å². The van der Waals surface area contributed by atoms with Crippen LogP contribution in [-0.4, -0.2) is 53.7 Å². The van der Waals surface area contributed by atoms with Gasteiger partial charge in [0.15, 0.2) is 0 Å². The van der Waals surface area contributed by atoms with Crippen molar-refractivity contribution < 1.29 is 24.2 Å². The van der Waals surface area contributed by atoms with E-state index in [-0.39, 0.29) is 12.5 Å². The number of alkyl carbamates (subject to hydrolysis) is 1. The highest BCUT2D eigenvalue weighted by molar-refractivity contribution is 5.89. The molecule has 33 heavy (non-hydrogen) atoms. The maximum Gasteiger partial charge on any atom is 0.407 e. The van der Waals surface area contributed by atoms with E-state index in [0.717, 1.165) is 35.1 Å². The van der Waals surface area contributed by atoms with Crippen molar-refractivity contribution in [3.05, 3.63) is 59.7 Å². The quantitative estimate of drug-likeness (QED) is 0.602. The lowest BCUT2D eigenvalue weighted by Gasteiger charge is -2.28. The van der Waals surface area contributed by atoms with Crippen LogP contribution in [0.4, 0.5) is 4.79 Å². The number of aliphatic carboxylic acids is 1. The van der Waals surface area contributed by atoms with Gasteiger partial charge in [0.25, 0.3) is 0 Å². The largest absolute Gasteiger partial charge is 0.480 e. The summed E-state index contributed by atoms with van der Waals surface area (Å²) < 4.78 is 5.60. The minimum Gasteiger partial charge on any atom is -0.480 e. The number of likely N-dealkylation sites (N-methyl/N-ethyl adjacent to an activating group) is 1. The van der Waals surface area contributed by atoms with E-state index in [4.69, 9.17) is 4.74 Å². The molecule has 2 N–H and O–H groups in total. The predicted molar refractivity (Wildman–Crippen MR) is 124 cm³/mol. The number of carbonyl (C=O) groups excluding carboxylic acids is 2. The number of nitrogens with one attached hydrogen (secondary N) is 1. The SMILES string of the molecule is CCC(C(=O)O)N(C)C(=O)[C@H](CC1CC1)NC(=O)OCC1c2ccccc2-c2ccccc21. The van der Waals surface area contributed by atoms with Gasteiger partial charge in [0.1, 0.15) is 18.7 Å². The van der Waals surface area contributed by atoms with Gasteiger partial charge in [-0.1, -0.05) is 68.3 Å². The molecule has 4 rings (SSSR count). The van der Waals surface area contributed by atoms with E-state index in [1.54, 1.807) is 6.92 Å². The van der Waals surface area contributed by atoms with Gasteiger partial charge in [-0.3, -0.25) is 4.79 Å². The van der Waals surface area contributed by atoms with Crippen LogP contribution < -0.4 is 5.32 Å². The van der Waals surface area contributed by atoms with Crippen molar-refractivity contribution in [2.75, 3.05) is 13.7 Å². The van der Waals surface area contributed by atoms with Crippen molar-refractivity contribution in [1.29, 1.82) is 0 Å². The maximum atomic E-state index is 13.0. The lowest BCUT2D eigenvalue weighted by atomic mass is 9.98. The van der Waals surface area contributed by atoms with E-state index in [9.17, 15) is 19.5 Å². The standard InChI is InChI=1S/C26H30N2O5/c1-3-23(25(30)31)28(2)24(29)22(14-16-12-13-16)27-26(32)33-15-21-19-10-6-4-8-17(19)18-9-5-7-11-20(18)21/h4-11,16,21-23H,3,12-15H2,1-2H3,(H,27,32)(H,30,31)/t22-,23?/m0/s1. The molecule has 2 aliphatic carbocycles. The topological polar surface area (TPSA) is 95.9 Å². The molecule has 0 spiro atoms. The third kappa shape index (κ3) is 4.87. The minimum absolute atomic E-state index is 0.0695. The van der Waals surface area contributed by atoms with E-state index >= 15 is 0 Å². The van der Waals surface area contributed by atoms with Gasteiger partial charge >= 0.3 is 12.1 Å². The van der Waals surface area contributed by atoms with Gasteiger partial charge in [-0.05, 0) is 41.0 Å². The lowest BCUT2D eigenvalue weighted by molar-refractivity contribution is -0.150. The summed E-state index contributed by atoms with van der Waals surface area (Å²) in [6.45, 7) is 1.88. The molecule has 7 nitrogen and oxygen atoms in total. The molecule has 1 fully saturated rings. The van der Waals surface area contributed by atoms with Crippen molar-refractivity contribution in [2.45, 2.75) is 50.6 Å². The third-order valence-corrected chi connectivity index (χ3v) is 6.69. The first-order chi connectivity index (χ1) is 15.9. The van der Waals surface area contributed by atoms with Gasteiger partial charge in [0, 0.05) is 13.0 Å². The zero-order chi connectivity index (χ0) is 23.5. The molecule has 2 aliphatic rings. The Hall–Kier alpha value is -3.35. The lowest BCUT2D eigenvalue weighted by Crippen LogP contribution is -2.52. The average Bonchev–Trinajstić information content (AvgIpc) is 3.57. The molecule has 2 atom stereocenters. The van der Waals surface area contributed by atoms with Crippen LogP contribution in [0.3, 0.4) is 0 Å². The van der Waals surface area contributed by atoms with Crippen molar-refractivity contribution in [3.63, 3.8) is 0 Å². The molecular weight excluding hydrogens is 420 g/mol. The summed E-state index contributed by atoms with van der Waals surface area (Å²) in [5.41, 5.74) is 4.52. The van der Waals surface area contributed by atoms with Gasteiger partial charge in [0.05, 0.1) is 0 Å². The molecule has 0 aromatic heterocycles. The molecule has 1 unspecified atom stereocenters. The fourth-order valence-electron chi connectivity index (χ4n) is 4.70. The second kappa shape index (κ2) is 9.65. The van der Waals surface area contributed by atoms with Gasteiger partial charge in [-0.2, -0.15) is 0 Å². The number of hydrogen-bond donors (Lipinski definition) is 2. The first-order valence-corrected chi connectivity index (χ1v) is 11.5. The number of fused-ring (bicyclic) bond motifs is 3. The van der Waals surface area contributed by atoms with Crippen molar-refractivity contribution in [1.82, 2.24) is 10.2 Å². The number of hydrogen-bond acceptors (Lipinski definition) is 4. The first-order valence-electron chi connectivity index (χ1n) is 11.5. The Labute approximate surface area is 193 Å². The summed E-state index contributed by atoms with van der Waals surface area (Å²) in [5.74, 6) is -1.16. The van der Waals surface area contributed by atoms with Crippen LogP contribution in [0.2, 0.25) is 0 Å². The molecule has 0 bridgehead atoms. The highest BCUT2D eigenvalue weighted by Crippen LogP contribution is 2.44. The number of benzene rings is 2. The number of carboxylic acids is 1. The number of amides is 2. The van der Waals surface area contributed by atoms with Crippen molar-refractivity contribution in [2.24, 2.45) is 5.92 Å². The van der Waals surface area contributed by atoms with Gasteiger partial charge in [-0.25, -0.2) is 9.59 Å². The van der Waals surface area contributed by atoms with Crippen LogP contribution in [0.15, 0.2) is 48.5 Å². The van der Waals surface area contributed by atoms with Crippen LogP contribution in [-0.2, 0) is 14.3 Å². The van der Waals surface area contributed by atoms with Gasteiger partial charge in [-0.15, -0.1) is 0 Å². The van der Waals surface area contributed by atoms with Crippen molar-refractivity contribution >= 4 is 18.0 Å². The van der Waals surface area contributed by atoms with E-state index in [1.165, 1.54) is 11.9 Å². The molecule has 174 valence electrons. The second-order valence-corrected chi connectivity index (χ2v) is 8.91. The molecule has 0 saturated heterocycles. The summed E-state index contributed by atoms with van der Waals surface area (Å²) in [4.78, 5) is 38.5. The Morgan fingerprint density at radius 2 is 1.64 bits per heavy atom. The van der Waals surface area contributed by atoms with Crippen LogP contribution in [0, 0.1) is 5.92 Å². The zero-order valence-electron chi connectivity index (χ0n) is 19.0. The number of ether oxygens (including phenoxy) is 1. The van der Waals surface area contributed by atoms with E-state index < -0.39 is 30.1 Å². The zero-order valence-corrected chi connectivity index (χ0v) is 19.0. The highest BCUT2D eigenvalue weighted by Gasteiger charge is 2.36. The van der Waals surface area contributed by atoms with Gasteiger partial charge < -0.3 is 20.1 Å². The Morgan fingerprint density at radius 1 is 1.06 bits per heavy atom. The fraction of sp³-hybridized carbons (Fsp3) is 0.423. The normalized spacial score (nSPS) is 16.3. The minimum atomic E-state index is -1.06. The van der Waals surface area contributed by atoms with E-state index in [2.05, 4.69) is 17.4 Å². The Morgan fingerprint density at radius 3 is 2.15 bits per heavy atom. The summed E-state index contributed by atoms with van der Waals surface area (Å²) in [5, 5.41) is 12.1. The van der Waals surface area contributed by atoms with Crippen LogP contribution in [0.25, 0.3) is 11.1 Å². The first kappa shape index (κ1) is 22.8. The van der Waals surface area contributed by atoms with Crippen LogP contribution in [0.1, 0.15) is 49.7 Å². The molecule has 7 heteroatoms. The van der Waals surface area contributed by atoms with E-state index in [1.807, 2.05) is 36.4 Å². The van der Waals surface area contributed by atoms with E-state index in [0.29, 0.717) is 18.8 Å². The van der Waals surface area contributed by atoms with Crippen molar-refractivity contribution in [3.8, 4) is 11.1 Å². The molecule has 2 amide bonds. The Kier molecular flexibility index (Phi) is 6.67. The number of carbonyl (C=O) groups is 3. The third-order valence-electron chi connectivity index (χ3n) is 6.69. The predicted octanol–water partition coefficient (Wildman–Crippen LogP) is 4.02. The summed E-state index contributed by atoms with van der Waals surface area (Å²) in [6.07, 6.45) is 2.14. The fourth-order valence-corrected chi connectivity index (χ4v) is 4.70. The number of rotatable bonds is 9. The highest BCUT2D eigenvalue weighted by atomic mass is 16.5. The number of nitrogens with zero attached hydrogens (tertiary/aromatic N) is 1. The van der Waals surface area contributed by atoms with Crippen LogP contribution in [0.5, 0.6) is 0 Å². The molecular formula is C26H30N2O5. The summed E-state index contributed by atoms with van der Waals surface area (Å²) >= 11 is 0. The smallest absolute Gasteiger partial charge is 0.407 e. The molecule has 2 aromatic rings. The maximum absolute atomic E-state index is 13.0. The molecule has 1 saturated carbocycles. The molecule has 0 radical (unpaired) electrons. The molecule has 0 heterocycles.